The Kier molecular flexibility index (Phi) is 6.20. The largest absolute Gasteiger partial charge is 0.341 e. The van der Waals surface area contributed by atoms with Gasteiger partial charge >= 0.3 is 0 Å². The van der Waals surface area contributed by atoms with Gasteiger partial charge in [-0.3, -0.25) is 9.69 Å². The second kappa shape index (κ2) is 8.79. The molecule has 1 fully saturated rings. The van der Waals surface area contributed by atoms with Gasteiger partial charge in [-0.25, -0.2) is 4.39 Å². The Bertz CT molecular complexity index is 828. The van der Waals surface area contributed by atoms with Crippen LogP contribution in [0.5, 0.6) is 0 Å². The summed E-state index contributed by atoms with van der Waals surface area (Å²) in [5, 5.41) is 8.87. The van der Waals surface area contributed by atoms with Gasteiger partial charge in [0.05, 0.1) is 17.6 Å². The number of carbonyl (C=O) groups is 1. The molecule has 0 saturated carbocycles. The Morgan fingerprint density at radius 3 is 2.74 bits per heavy atom. The highest BCUT2D eigenvalue weighted by molar-refractivity contribution is 5.79. The summed E-state index contributed by atoms with van der Waals surface area (Å²) in [6, 6.07) is 16.1. The lowest BCUT2D eigenvalue weighted by Gasteiger charge is -2.34. The first-order valence-electron chi connectivity index (χ1n) is 9.26. The van der Waals surface area contributed by atoms with E-state index in [1.165, 1.54) is 6.07 Å². The molecule has 140 valence electrons. The molecule has 27 heavy (non-hydrogen) atoms. The summed E-state index contributed by atoms with van der Waals surface area (Å²) in [5.41, 5.74) is 2.57. The fourth-order valence-electron chi connectivity index (χ4n) is 3.64. The van der Waals surface area contributed by atoms with E-state index in [9.17, 15) is 9.18 Å². The average Bonchev–Trinajstić information content (AvgIpc) is 2.68. The molecule has 1 atom stereocenters. The third-order valence-electron chi connectivity index (χ3n) is 5.03. The van der Waals surface area contributed by atoms with E-state index in [2.05, 4.69) is 11.0 Å². The molecular formula is C22H24FN3O. The molecule has 1 saturated heterocycles. The number of rotatable bonds is 5. The number of hydrogen-bond donors (Lipinski definition) is 0. The molecule has 1 heterocycles. The van der Waals surface area contributed by atoms with Gasteiger partial charge in [0.25, 0.3) is 0 Å². The van der Waals surface area contributed by atoms with E-state index < -0.39 is 0 Å². The van der Waals surface area contributed by atoms with E-state index in [1.54, 1.807) is 29.2 Å². The van der Waals surface area contributed by atoms with E-state index in [1.807, 2.05) is 25.2 Å². The topological polar surface area (TPSA) is 47.3 Å². The lowest BCUT2D eigenvalue weighted by molar-refractivity contribution is -0.136. The molecule has 0 radical (unpaired) electrons. The third-order valence-corrected chi connectivity index (χ3v) is 5.03. The molecule has 0 N–H and O–H groups in total. The molecule has 2 aromatic rings. The number of hydrogen-bond acceptors (Lipinski definition) is 3. The molecule has 1 unspecified atom stereocenters. The Labute approximate surface area is 159 Å². The van der Waals surface area contributed by atoms with Crippen LogP contribution in [-0.2, 0) is 17.9 Å². The molecule has 0 spiro atoms. The lowest BCUT2D eigenvalue weighted by atomic mass is 9.96. The molecule has 1 aliphatic heterocycles. The van der Waals surface area contributed by atoms with Crippen molar-refractivity contribution in [3.05, 3.63) is 71.0 Å². The normalized spacial score (nSPS) is 17.3. The maximum absolute atomic E-state index is 13.4. The summed E-state index contributed by atoms with van der Waals surface area (Å²) in [6.07, 6.45) is 1.85. The summed E-state index contributed by atoms with van der Waals surface area (Å²) in [4.78, 5) is 16.9. The highest BCUT2D eigenvalue weighted by atomic mass is 19.1. The van der Waals surface area contributed by atoms with Crippen LogP contribution in [0, 0.1) is 23.1 Å². The molecule has 1 aliphatic rings. The molecule has 3 rings (SSSR count). The molecular weight excluding hydrogens is 341 g/mol. The van der Waals surface area contributed by atoms with E-state index in [0.717, 1.165) is 30.5 Å². The molecule has 0 bridgehead atoms. The zero-order valence-electron chi connectivity index (χ0n) is 15.6. The van der Waals surface area contributed by atoms with Gasteiger partial charge in [-0.05, 0) is 54.8 Å². The number of nitriles is 1. The summed E-state index contributed by atoms with van der Waals surface area (Å²) in [5.74, 6) is -0.113. The van der Waals surface area contributed by atoms with Crippen LogP contribution in [-0.4, -0.2) is 35.8 Å². The van der Waals surface area contributed by atoms with E-state index in [0.29, 0.717) is 25.2 Å². The van der Waals surface area contributed by atoms with Crippen LogP contribution in [0.25, 0.3) is 0 Å². The minimum Gasteiger partial charge on any atom is -0.341 e. The van der Waals surface area contributed by atoms with Crippen molar-refractivity contribution in [2.45, 2.75) is 25.9 Å². The summed E-state index contributed by atoms with van der Waals surface area (Å²) < 4.78 is 13.4. The Morgan fingerprint density at radius 1 is 1.26 bits per heavy atom. The van der Waals surface area contributed by atoms with Crippen LogP contribution < -0.4 is 0 Å². The monoisotopic (exact) mass is 365 g/mol. The first-order chi connectivity index (χ1) is 13.0. The van der Waals surface area contributed by atoms with Crippen molar-refractivity contribution >= 4 is 5.91 Å². The number of piperidine rings is 1. The Hall–Kier alpha value is -2.71. The SMILES string of the molecule is CN(Cc1ccc(C#N)cc1)C(=O)C1CCCN(Cc2cccc(F)c2)C1. The fourth-order valence-corrected chi connectivity index (χ4v) is 3.64. The van der Waals surface area contributed by atoms with Gasteiger partial charge in [0, 0.05) is 26.7 Å². The number of likely N-dealkylation sites (tertiary alicyclic amines) is 1. The number of benzene rings is 2. The fraction of sp³-hybridized carbons (Fsp3) is 0.364. The molecule has 5 heteroatoms. The van der Waals surface area contributed by atoms with Crippen LogP contribution in [0.4, 0.5) is 4.39 Å². The van der Waals surface area contributed by atoms with Crippen molar-refractivity contribution in [3.63, 3.8) is 0 Å². The maximum atomic E-state index is 13.4. The smallest absolute Gasteiger partial charge is 0.227 e. The standard InChI is InChI=1S/C22H24FN3O/c1-25(14-18-9-7-17(13-24)8-10-18)22(27)20-5-3-11-26(16-20)15-19-4-2-6-21(23)12-19/h2,4,6-10,12,20H,3,5,11,14-16H2,1H3. The predicted molar refractivity (Wildman–Crippen MR) is 102 cm³/mol. The first kappa shape index (κ1) is 19.1. The van der Waals surface area contributed by atoms with E-state index in [4.69, 9.17) is 5.26 Å². The number of amides is 1. The van der Waals surface area contributed by atoms with Gasteiger partial charge in [0.15, 0.2) is 0 Å². The van der Waals surface area contributed by atoms with Gasteiger partial charge in [0.2, 0.25) is 5.91 Å². The first-order valence-corrected chi connectivity index (χ1v) is 9.26. The van der Waals surface area contributed by atoms with Crippen LogP contribution in [0.3, 0.4) is 0 Å². The zero-order valence-corrected chi connectivity index (χ0v) is 15.6. The maximum Gasteiger partial charge on any atom is 0.227 e. The molecule has 0 aromatic heterocycles. The second-order valence-electron chi connectivity index (χ2n) is 7.21. The van der Waals surface area contributed by atoms with Crippen LogP contribution in [0.1, 0.15) is 29.5 Å². The van der Waals surface area contributed by atoms with Gasteiger partial charge < -0.3 is 4.90 Å². The summed E-state index contributed by atoms with van der Waals surface area (Å²) >= 11 is 0. The van der Waals surface area contributed by atoms with Gasteiger partial charge in [0.1, 0.15) is 5.82 Å². The number of nitrogens with zero attached hydrogens (tertiary/aromatic N) is 3. The Morgan fingerprint density at radius 2 is 2.04 bits per heavy atom. The zero-order chi connectivity index (χ0) is 19.2. The van der Waals surface area contributed by atoms with Crippen molar-refractivity contribution in [2.24, 2.45) is 5.92 Å². The molecule has 1 amide bonds. The average molecular weight is 365 g/mol. The van der Waals surface area contributed by atoms with Crippen molar-refractivity contribution in [3.8, 4) is 6.07 Å². The second-order valence-corrected chi connectivity index (χ2v) is 7.21. The van der Waals surface area contributed by atoms with Crippen LogP contribution in [0.2, 0.25) is 0 Å². The van der Waals surface area contributed by atoms with Crippen LogP contribution >= 0.6 is 0 Å². The molecule has 4 nitrogen and oxygen atoms in total. The molecule has 2 aromatic carbocycles. The number of halogens is 1. The van der Waals surface area contributed by atoms with Crippen molar-refractivity contribution < 1.29 is 9.18 Å². The Balaban J connectivity index is 1.57. The van der Waals surface area contributed by atoms with E-state index >= 15 is 0 Å². The van der Waals surface area contributed by atoms with Gasteiger partial charge in [-0.15, -0.1) is 0 Å². The van der Waals surface area contributed by atoms with Gasteiger partial charge in [-0.1, -0.05) is 24.3 Å². The minimum absolute atomic E-state index is 0.0318. The summed E-state index contributed by atoms with van der Waals surface area (Å²) in [7, 11) is 1.83. The highest BCUT2D eigenvalue weighted by Gasteiger charge is 2.28. The van der Waals surface area contributed by atoms with Gasteiger partial charge in [-0.2, -0.15) is 5.26 Å². The van der Waals surface area contributed by atoms with Crippen LogP contribution in [0.15, 0.2) is 48.5 Å². The van der Waals surface area contributed by atoms with Crippen molar-refractivity contribution in [2.75, 3.05) is 20.1 Å². The number of carbonyl (C=O) groups excluding carboxylic acids is 1. The molecule has 0 aliphatic carbocycles. The lowest BCUT2D eigenvalue weighted by Crippen LogP contribution is -2.43. The minimum atomic E-state index is -0.223. The quantitative estimate of drug-likeness (QED) is 0.814. The summed E-state index contributed by atoms with van der Waals surface area (Å²) in [6.45, 7) is 2.83. The predicted octanol–water partition coefficient (Wildman–Crippen LogP) is 3.57. The third kappa shape index (κ3) is 5.15. The highest BCUT2D eigenvalue weighted by Crippen LogP contribution is 2.21. The van der Waals surface area contributed by atoms with Crippen molar-refractivity contribution in [1.29, 1.82) is 5.26 Å². The van der Waals surface area contributed by atoms with Crippen molar-refractivity contribution in [1.82, 2.24) is 9.80 Å². The van der Waals surface area contributed by atoms with E-state index in [-0.39, 0.29) is 17.6 Å².